The fourth-order valence-corrected chi connectivity index (χ4v) is 8.25. The number of carbonyl (C=O) groups excluding carboxylic acids is 3. The van der Waals surface area contributed by atoms with Gasteiger partial charge in [0.2, 0.25) is 11.8 Å². The third-order valence-electron chi connectivity index (χ3n) is 10.4. The number of likely N-dealkylation sites (tertiary alicyclic amines) is 1. The molecule has 4 aliphatic rings. The van der Waals surface area contributed by atoms with E-state index in [9.17, 15) is 14.7 Å². The number of rotatable bonds is 10. The Bertz CT molecular complexity index is 1510. The number of aliphatic hydroxyl groups excluding tert-OH is 1. The first-order valence-electron chi connectivity index (χ1n) is 16.8. The van der Waals surface area contributed by atoms with Crippen LogP contribution in [-0.2, 0) is 19.1 Å². The minimum atomic E-state index is -1.40. The Hall–Kier alpha value is -3.95. The Balaban J connectivity index is 1.50. The first-order chi connectivity index (χ1) is 22.3. The summed E-state index contributed by atoms with van der Waals surface area (Å²) >= 11 is 0. The van der Waals surface area contributed by atoms with Crippen LogP contribution in [-0.4, -0.2) is 89.2 Å². The van der Waals surface area contributed by atoms with Crippen molar-refractivity contribution in [2.24, 2.45) is 11.8 Å². The van der Waals surface area contributed by atoms with E-state index in [0.717, 1.165) is 25.2 Å². The van der Waals surface area contributed by atoms with Crippen molar-refractivity contribution < 1.29 is 24.2 Å². The molecule has 9 nitrogen and oxygen atoms in total. The zero-order chi connectivity index (χ0) is 32.6. The van der Waals surface area contributed by atoms with Crippen LogP contribution in [0, 0.1) is 11.8 Å². The van der Waals surface area contributed by atoms with E-state index in [4.69, 9.17) is 4.74 Å². The summed E-state index contributed by atoms with van der Waals surface area (Å²) in [4.78, 5) is 51.7. The number of amides is 3. The molecule has 4 aliphatic heterocycles. The second-order valence-corrected chi connectivity index (χ2v) is 12.7. The number of carbonyl (C=O) groups is 3. The molecule has 6 atom stereocenters. The van der Waals surface area contributed by atoms with Gasteiger partial charge in [-0.2, -0.15) is 0 Å². The van der Waals surface area contributed by atoms with Gasteiger partial charge in [-0.3, -0.25) is 14.4 Å². The van der Waals surface area contributed by atoms with Gasteiger partial charge < -0.3 is 29.4 Å². The van der Waals surface area contributed by atoms with Crippen LogP contribution in [0.4, 0.5) is 11.4 Å². The fourth-order valence-electron chi connectivity index (χ4n) is 8.25. The summed E-state index contributed by atoms with van der Waals surface area (Å²) in [5.41, 5.74) is 0.0441. The summed E-state index contributed by atoms with van der Waals surface area (Å²) in [6.45, 7) is 10.9. The zero-order valence-corrected chi connectivity index (χ0v) is 27.3. The summed E-state index contributed by atoms with van der Waals surface area (Å²) in [6.07, 6.45) is 8.96. The van der Waals surface area contributed by atoms with Crippen LogP contribution >= 0.6 is 0 Å². The Morgan fingerprint density at radius 1 is 0.870 bits per heavy atom. The maximum Gasteiger partial charge on any atom is 0.253 e. The zero-order valence-electron chi connectivity index (χ0n) is 27.3. The molecule has 1 spiro atoms. The molecule has 0 radical (unpaired) electrons. The van der Waals surface area contributed by atoms with Crippen molar-refractivity contribution in [1.29, 1.82) is 0 Å². The molecule has 3 amide bonds. The Morgan fingerprint density at radius 2 is 1.57 bits per heavy atom. The van der Waals surface area contributed by atoms with Crippen molar-refractivity contribution >= 4 is 29.1 Å². The average molecular weight is 627 g/mol. The predicted octanol–water partition coefficient (Wildman–Crippen LogP) is 4.34. The lowest BCUT2D eigenvalue weighted by Crippen LogP contribution is -2.57. The van der Waals surface area contributed by atoms with Crippen molar-refractivity contribution in [2.45, 2.75) is 63.8 Å². The van der Waals surface area contributed by atoms with Gasteiger partial charge in [0.05, 0.1) is 30.1 Å². The van der Waals surface area contributed by atoms with E-state index in [1.807, 2.05) is 92.7 Å². The highest BCUT2D eigenvalue weighted by Gasteiger charge is 2.76. The second kappa shape index (κ2) is 12.7. The normalized spacial score (nSPS) is 29.4. The molecular weight excluding hydrogens is 580 g/mol. The van der Waals surface area contributed by atoms with E-state index in [0.29, 0.717) is 30.8 Å². The lowest BCUT2D eigenvalue weighted by molar-refractivity contribution is -0.152. The molecule has 2 saturated heterocycles. The van der Waals surface area contributed by atoms with E-state index < -0.39 is 35.1 Å². The Morgan fingerprint density at radius 3 is 2.20 bits per heavy atom. The fraction of sp³-hybridized carbons (Fsp3) is 0.486. The van der Waals surface area contributed by atoms with Crippen LogP contribution in [0.5, 0.6) is 0 Å². The molecule has 0 aromatic heterocycles. The number of anilines is 2. The molecule has 46 heavy (non-hydrogen) atoms. The summed E-state index contributed by atoms with van der Waals surface area (Å²) < 4.78 is 7.12. The molecule has 4 heterocycles. The lowest BCUT2D eigenvalue weighted by atomic mass is 9.73. The highest BCUT2D eigenvalue weighted by atomic mass is 16.5. The molecule has 1 N–H and O–H groups in total. The number of benzene rings is 2. The molecule has 244 valence electrons. The standard InChI is InChI=1S/C37H46N4O5/c1-5-22-39-23-12-20-36(6-2)30(33(39)43)31-34(44)41(29(25-42)26-14-10-9-11-15-26)32-35(45)40(24-13-21-37(31,32)46-36)28-18-16-27(17-19-28)38(7-3)8-4/h9-21,29-32,42H,5-8,22-25H2,1-4H3/t29-,30-,31+,32?,36+,37+/m1/s1. The third-order valence-corrected chi connectivity index (χ3v) is 10.4. The molecule has 2 aromatic carbocycles. The van der Waals surface area contributed by atoms with Gasteiger partial charge in [0.25, 0.3) is 5.91 Å². The van der Waals surface area contributed by atoms with Gasteiger partial charge in [-0.25, -0.2) is 0 Å². The van der Waals surface area contributed by atoms with Crippen molar-refractivity contribution in [2.75, 3.05) is 49.1 Å². The van der Waals surface area contributed by atoms with E-state index in [-0.39, 0.29) is 30.9 Å². The van der Waals surface area contributed by atoms with Crippen LogP contribution in [0.1, 0.15) is 52.1 Å². The number of fused-ring (bicyclic) bond motifs is 2. The summed E-state index contributed by atoms with van der Waals surface area (Å²) in [6, 6.07) is 15.3. The van der Waals surface area contributed by atoms with E-state index in [2.05, 4.69) is 18.7 Å². The van der Waals surface area contributed by atoms with Crippen LogP contribution in [0.2, 0.25) is 0 Å². The van der Waals surface area contributed by atoms with E-state index in [1.54, 1.807) is 9.80 Å². The smallest absolute Gasteiger partial charge is 0.253 e. The average Bonchev–Trinajstić information content (AvgIpc) is 3.37. The molecule has 2 fully saturated rings. The summed E-state index contributed by atoms with van der Waals surface area (Å²) in [7, 11) is 0. The van der Waals surface area contributed by atoms with Gasteiger partial charge in [0.1, 0.15) is 11.6 Å². The van der Waals surface area contributed by atoms with E-state index >= 15 is 4.79 Å². The van der Waals surface area contributed by atoms with Gasteiger partial charge in [0.15, 0.2) is 0 Å². The molecule has 0 saturated carbocycles. The highest BCUT2D eigenvalue weighted by Crippen LogP contribution is 2.59. The van der Waals surface area contributed by atoms with Crippen molar-refractivity contribution in [3.63, 3.8) is 0 Å². The van der Waals surface area contributed by atoms with Crippen molar-refractivity contribution in [3.8, 4) is 0 Å². The second-order valence-electron chi connectivity index (χ2n) is 12.7. The summed E-state index contributed by atoms with van der Waals surface area (Å²) in [5.74, 6) is -2.51. The quantitative estimate of drug-likeness (QED) is 0.395. The minimum Gasteiger partial charge on any atom is -0.394 e. The first kappa shape index (κ1) is 32.0. The number of ether oxygens (including phenoxy) is 1. The van der Waals surface area contributed by atoms with Gasteiger partial charge in [-0.15, -0.1) is 0 Å². The molecule has 6 rings (SSSR count). The molecule has 1 unspecified atom stereocenters. The number of nitrogens with zero attached hydrogens (tertiary/aromatic N) is 4. The number of hydrogen-bond acceptors (Lipinski definition) is 6. The minimum absolute atomic E-state index is 0.126. The van der Waals surface area contributed by atoms with Gasteiger partial charge in [-0.1, -0.05) is 68.5 Å². The van der Waals surface area contributed by atoms with Gasteiger partial charge in [0, 0.05) is 44.1 Å². The van der Waals surface area contributed by atoms with Crippen LogP contribution in [0.15, 0.2) is 78.9 Å². The monoisotopic (exact) mass is 626 g/mol. The molecular formula is C37H46N4O5. The molecule has 0 aliphatic carbocycles. The van der Waals surface area contributed by atoms with Crippen LogP contribution in [0.3, 0.4) is 0 Å². The van der Waals surface area contributed by atoms with Gasteiger partial charge in [-0.05, 0) is 56.5 Å². The van der Waals surface area contributed by atoms with Crippen LogP contribution in [0.25, 0.3) is 0 Å². The molecule has 9 heteroatoms. The largest absolute Gasteiger partial charge is 0.394 e. The van der Waals surface area contributed by atoms with Crippen molar-refractivity contribution in [3.05, 3.63) is 84.5 Å². The maximum absolute atomic E-state index is 15.0. The topological polar surface area (TPSA) is 93.6 Å². The molecule has 2 aromatic rings. The molecule has 0 bridgehead atoms. The summed E-state index contributed by atoms with van der Waals surface area (Å²) in [5, 5.41) is 10.8. The first-order valence-corrected chi connectivity index (χ1v) is 16.8. The highest BCUT2D eigenvalue weighted by molar-refractivity contribution is 6.06. The van der Waals surface area contributed by atoms with E-state index in [1.165, 1.54) is 4.90 Å². The van der Waals surface area contributed by atoms with Crippen molar-refractivity contribution in [1.82, 2.24) is 9.80 Å². The predicted molar refractivity (Wildman–Crippen MR) is 178 cm³/mol. The Labute approximate surface area is 272 Å². The number of hydrogen-bond donors (Lipinski definition) is 1. The lowest BCUT2D eigenvalue weighted by Gasteiger charge is -2.41. The number of aliphatic hydroxyl groups is 1. The maximum atomic E-state index is 15.0. The Kier molecular flexibility index (Phi) is 8.83. The third kappa shape index (κ3) is 4.86. The van der Waals surface area contributed by atoms with Crippen LogP contribution < -0.4 is 9.80 Å². The van der Waals surface area contributed by atoms with Gasteiger partial charge >= 0.3 is 0 Å². The SMILES string of the molecule is CCCN1CC=C[C@]2(CC)O[C@]34C=CCN(c5ccc(N(CC)CC)cc5)C(=O)C3N([C@H](CO)c3ccccc3)C(=O)[C@@H]4[C@@H]2C1=O.